The number of carbonyl (C=O) groups is 1. The third-order valence-electron chi connectivity index (χ3n) is 5.78. The first-order chi connectivity index (χ1) is 13.1. The summed E-state index contributed by atoms with van der Waals surface area (Å²) < 4.78 is 0. The Labute approximate surface area is 166 Å². The minimum Gasteiger partial charge on any atom is -0.372 e. The van der Waals surface area contributed by atoms with Crippen molar-refractivity contribution in [2.24, 2.45) is 0 Å². The molecule has 2 heterocycles. The molecule has 4 nitrogen and oxygen atoms in total. The molecular formula is C22H26ClN3O. The molecule has 2 aliphatic heterocycles. The van der Waals surface area contributed by atoms with Gasteiger partial charge in [0.1, 0.15) is 6.17 Å². The van der Waals surface area contributed by atoms with Gasteiger partial charge >= 0.3 is 0 Å². The van der Waals surface area contributed by atoms with Gasteiger partial charge in [-0.15, -0.1) is 0 Å². The number of amides is 1. The van der Waals surface area contributed by atoms with E-state index in [0.29, 0.717) is 5.02 Å². The van der Waals surface area contributed by atoms with E-state index >= 15 is 0 Å². The highest BCUT2D eigenvalue weighted by Gasteiger charge is 2.49. The Morgan fingerprint density at radius 1 is 1.11 bits per heavy atom. The van der Waals surface area contributed by atoms with Crippen LogP contribution in [-0.4, -0.2) is 36.5 Å². The molecule has 142 valence electrons. The van der Waals surface area contributed by atoms with Crippen LogP contribution in [0.2, 0.25) is 5.02 Å². The normalized spacial score (nSPS) is 22.3. The second kappa shape index (κ2) is 7.53. The average Bonchev–Trinajstić information content (AvgIpc) is 3.25. The summed E-state index contributed by atoms with van der Waals surface area (Å²) in [6.45, 7) is 7.27. The van der Waals surface area contributed by atoms with E-state index in [1.54, 1.807) is 0 Å². The average molecular weight is 384 g/mol. The lowest BCUT2D eigenvalue weighted by Crippen LogP contribution is -2.32. The lowest BCUT2D eigenvalue weighted by molar-refractivity contribution is -0.119. The number of carbonyl (C=O) groups excluding carboxylic acids is 1. The van der Waals surface area contributed by atoms with Gasteiger partial charge < -0.3 is 4.90 Å². The third-order valence-corrected chi connectivity index (χ3v) is 6.02. The molecule has 2 atom stereocenters. The molecule has 0 unspecified atom stereocenters. The number of fused-ring (bicyclic) bond motifs is 1. The summed E-state index contributed by atoms with van der Waals surface area (Å²) in [7, 11) is 0. The van der Waals surface area contributed by atoms with Crippen molar-refractivity contribution in [2.45, 2.75) is 38.9 Å². The second-order valence-corrected chi connectivity index (χ2v) is 7.66. The first-order valence-electron chi connectivity index (χ1n) is 9.83. The zero-order valence-electron chi connectivity index (χ0n) is 15.9. The zero-order chi connectivity index (χ0) is 19.0. The minimum absolute atomic E-state index is 0.0172. The SMILES string of the molecule is CCN(CC)c1ccc([C@H]2N(c3cccc(Cl)c3)C(=O)[C@@H]3CCCN32)cc1. The first kappa shape index (κ1) is 18.3. The molecule has 2 aromatic carbocycles. The molecule has 1 amide bonds. The standard InChI is InChI=1S/C22H26ClN3O/c1-3-24(4-2)18-12-10-16(11-13-18)21-25-14-6-9-20(25)22(27)26(21)19-8-5-7-17(23)15-19/h5,7-8,10-13,15,20-21H,3-4,6,9,14H2,1-2H3/t20-,21+/m0/s1. The van der Waals surface area contributed by atoms with Crippen LogP contribution in [0.5, 0.6) is 0 Å². The van der Waals surface area contributed by atoms with Crippen molar-refractivity contribution >= 4 is 28.9 Å². The van der Waals surface area contributed by atoms with Crippen molar-refractivity contribution in [1.29, 1.82) is 0 Å². The van der Waals surface area contributed by atoms with Crippen molar-refractivity contribution in [1.82, 2.24) is 4.90 Å². The highest BCUT2D eigenvalue weighted by atomic mass is 35.5. The predicted octanol–water partition coefficient (Wildman–Crippen LogP) is 4.70. The number of nitrogens with zero attached hydrogens (tertiary/aromatic N) is 3. The summed E-state index contributed by atoms with van der Waals surface area (Å²) in [5.41, 5.74) is 3.25. The summed E-state index contributed by atoms with van der Waals surface area (Å²) in [6.07, 6.45) is 1.95. The predicted molar refractivity (Wildman–Crippen MR) is 111 cm³/mol. The van der Waals surface area contributed by atoms with E-state index in [1.165, 1.54) is 5.69 Å². The van der Waals surface area contributed by atoms with Crippen molar-refractivity contribution in [3.63, 3.8) is 0 Å². The zero-order valence-corrected chi connectivity index (χ0v) is 16.7. The summed E-state index contributed by atoms with van der Waals surface area (Å²) >= 11 is 6.22. The van der Waals surface area contributed by atoms with Crippen molar-refractivity contribution < 1.29 is 4.79 Å². The fourth-order valence-electron chi connectivity index (χ4n) is 4.46. The molecule has 0 N–H and O–H groups in total. The van der Waals surface area contributed by atoms with Crippen molar-refractivity contribution in [3.8, 4) is 0 Å². The van der Waals surface area contributed by atoms with E-state index in [9.17, 15) is 4.79 Å². The van der Waals surface area contributed by atoms with E-state index in [2.05, 4.69) is 47.9 Å². The fourth-order valence-corrected chi connectivity index (χ4v) is 4.64. The van der Waals surface area contributed by atoms with Crippen LogP contribution in [-0.2, 0) is 4.79 Å². The van der Waals surface area contributed by atoms with Gasteiger partial charge in [-0.1, -0.05) is 29.8 Å². The molecular weight excluding hydrogens is 358 g/mol. The fraction of sp³-hybridized carbons (Fsp3) is 0.409. The maximum absolute atomic E-state index is 13.2. The minimum atomic E-state index is -0.0609. The van der Waals surface area contributed by atoms with Crippen LogP contribution in [0.4, 0.5) is 11.4 Å². The van der Waals surface area contributed by atoms with Crippen LogP contribution < -0.4 is 9.80 Å². The van der Waals surface area contributed by atoms with E-state index in [0.717, 1.165) is 43.7 Å². The lowest BCUT2D eigenvalue weighted by atomic mass is 10.1. The number of hydrogen-bond acceptors (Lipinski definition) is 3. The van der Waals surface area contributed by atoms with Crippen LogP contribution >= 0.6 is 11.6 Å². The van der Waals surface area contributed by atoms with Crippen LogP contribution in [0.15, 0.2) is 48.5 Å². The molecule has 0 radical (unpaired) electrons. The van der Waals surface area contributed by atoms with Gasteiger partial charge in [-0.25, -0.2) is 0 Å². The van der Waals surface area contributed by atoms with Crippen LogP contribution in [0.1, 0.15) is 38.4 Å². The van der Waals surface area contributed by atoms with Crippen molar-refractivity contribution in [2.75, 3.05) is 29.4 Å². The quantitative estimate of drug-likeness (QED) is 0.749. The van der Waals surface area contributed by atoms with E-state index in [-0.39, 0.29) is 18.1 Å². The molecule has 2 saturated heterocycles. The van der Waals surface area contributed by atoms with Crippen molar-refractivity contribution in [3.05, 3.63) is 59.1 Å². The summed E-state index contributed by atoms with van der Waals surface area (Å²) in [5, 5.41) is 0.656. The highest BCUT2D eigenvalue weighted by molar-refractivity contribution is 6.31. The smallest absolute Gasteiger partial charge is 0.246 e. The monoisotopic (exact) mass is 383 g/mol. The highest BCUT2D eigenvalue weighted by Crippen LogP contribution is 2.43. The summed E-state index contributed by atoms with van der Waals surface area (Å²) in [4.78, 5) is 19.8. The maximum atomic E-state index is 13.2. The Morgan fingerprint density at radius 2 is 1.85 bits per heavy atom. The molecule has 0 bridgehead atoms. The molecule has 0 saturated carbocycles. The second-order valence-electron chi connectivity index (χ2n) is 7.22. The molecule has 4 rings (SSSR count). The Hall–Kier alpha value is -2.04. The number of anilines is 2. The molecule has 2 aliphatic rings. The number of benzene rings is 2. The molecule has 2 aromatic rings. The molecule has 0 spiro atoms. The molecule has 27 heavy (non-hydrogen) atoms. The van der Waals surface area contributed by atoms with E-state index in [4.69, 9.17) is 11.6 Å². The largest absolute Gasteiger partial charge is 0.372 e. The molecule has 0 aromatic heterocycles. The Balaban J connectivity index is 1.72. The Bertz CT molecular complexity index is 819. The summed E-state index contributed by atoms with van der Waals surface area (Å²) in [6, 6.07) is 16.3. The van der Waals surface area contributed by atoms with Crippen LogP contribution in [0.25, 0.3) is 0 Å². The van der Waals surface area contributed by atoms with Gasteiger partial charge in [0.2, 0.25) is 5.91 Å². The van der Waals surface area contributed by atoms with Gasteiger partial charge in [0.05, 0.1) is 6.04 Å². The number of rotatable bonds is 5. The van der Waals surface area contributed by atoms with Gasteiger partial charge in [-0.3, -0.25) is 14.6 Å². The topological polar surface area (TPSA) is 26.8 Å². The molecule has 5 heteroatoms. The van der Waals surface area contributed by atoms with Crippen LogP contribution in [0, 0.1) is 0 Å². The van der Waals surface area contributed by atoms with Gasteiger partial charge in [-0.2, -0.15) is 0 Å². The molecule has 0 aliphatic carbocycles. The van der Waals surface area contributed by atoms with Gasteiger partial charge in [0.25, 0.3) is 0 Å². The van der Waals surface area contributed by atoms with Gasteiger partial charge in [-0.05, 0) is 62.6 Å². The van der Waals surface area contributed by atoms with E-state index in [1.807, 2.05) is 29.2 Å². The summed E-state index contributed by atoms with van der Waals surface area (Å²) in [5.74, 6) is 0.188. The van der Waals surface area contributed by atoms with Gasteiger partial charge in [0, 0.05) is 36.0 Å². The maximum Gasteiger partial charge on any atom is 0.246 e. The Morgan fingerprint density at radius 3 is 2.52 bits per heavy atom. The van der Waals surface area contributed by atoms with E-state index < -0.39 is 0 Å². The molecule has 2 fully saturated rings. The number of halogens is 1. The van der Waals surface area contributed by atoms with Gasteiger partial charge in [0.15, 0.2) is 0 Å². The Kier molecular flexibility index (Phi) is 5.11. The third kappa shape index (κ3) is 3.21. The first-order valence-corrected chi connectivity index (χ1v) is 10.2. The van der Waals surface area contributed by atoms with Crippen LogP contribution in [0.3, 0.4) is 0 Å². The number of hydrogen-bond donors (Lipinski definition) is 0. The lowest BCUT2D eigenvalue weighted by Gasteiger charge is -2.30.